The molecule has 3 rings (SSSR count). The molecule has 0 aromatic carbocycles. The minimum absolute atomic E-state index is 0.00298. The van der Waals surface area contributed by atoms with Crippen molar-refractivity contribution in [3.05, 3.63) is 22.4 Å². The smallest absolute Gasteiger partial charge is 0.237 e. The van der Waals surface area contributed by atoms with Crippen molar-refractivity contribution in [1.82, 2.24) is 15.1 Å². The summed E-state index contributed by atoms with van der Waals surface area (Å²) >= 11 is 1.72. The van der Waals surface area contributed by atoms with Crippen molar-refractivity contribution in [1.29, 1.82) is 0 Å². The van der Waals surface area contributed by atoms with E-state index in [0.29, 0.717) is 39.4 Å². The van der Waals surface area contributed by atoms with E-state index in [1.54, 1.807) is 11.3 Å². The van der Waals surface area contributed by atoms with Crippen molar-refractivity contribution in [3.63, 3.8) is 0 Å². The van der Waals surface area contributed by atoms with E-state index in [2.05, 4.69) is 21.7 Å². The van der Waals surface area contributed by atoms with Crippen LogP contribution in [0.5, 0.6) is 0 Å². The summed E-state index contributed by atoms with van der Waals surface area (Å²) in [4.78, 5) is 30.6. The summed E-state index contributed by atoms with van der Waals surface area (Å²) in [7, 11) is 0. The summed E-state index contributed by atoms with van der Waals surface area (Å²) in [5.74, 6) is 0.285. The molecule has 1 aromatic rings. The highest BCUT2D eigenvalue weighted by molar-refractivity contribution is 7.09. The van der Waals surface area contributed by atoms with Gasteiger partial charge in [0.25, 0.3) is 0 Å². The van der Waals surface area contributed by atoms with Crippen molar-refractivity contribution >= 4 is 23.2 Å². The SMILES string of the molecule is CC(C(=O)NCCc1cccs1)N1CCCC(C(=O)N2CCOCC2)C1. The van der Waals surface area contributed by atoms with E-state index in [-0.39, 0.29) is 23.8 Å². The number of morpholine rings is 1. The molecule has 7 heteroatoms. The monoisotopic (exact) mass is 379 g/mol. The zero-order valence-corrected chi connectivity index (χ0v) is 16.3. The highest BCUT2D eigenvalue weighted by atomic mass is 32.1. The average Bonchev–Trinajstić information content (AvgIpc) is 3.21. The minimum atomic E-state index is -0.196. The summed E-state index contributed by atoms with van der Waals surface area (Å²) < 4.78 is 5.34. The second-order valence-corrected chi connectivity index (χ2v) is 8.10. The van der Waals surface area contributed by atoms with E-state index in [1.165, 1.54) is 4.88 Å². The van der Waals surface area contributed by atoms with Crippen LogP contribution < -0.4 is 5.32 Å². The molecule has 2 fully saturated rings. The van der Waals surface area contributed by atoms with Crippen LogP contribution in [0.15, 0.2) is 17.5 Å². The first kappa shape index (κ1) is 19.3. The maximum absolute atomic E-state index is 12.7. The number of amides is 2. The van der Waals surface area contributed by atoms with E-state index < -0.39 is 0 Å². The molecule has 0 spiro atoms. The molecular formula is C19H29N3O3S. The number of likely N-dealkylation sites (tertiary alicyclic amines) is 1. The number of piperidine rings is 1. The maximum atomic E-state index is 12.7. The first-order valence-corrected chi connectivity index (χ1v) is 10.4. The number of carbonyl (C=O) groups excluding carboxylic acids is 2. The van der Waals surface area contributed by atoms with Gasteiger partial charge in [-0.2, -0.15) is 0 Å². The first-order valence-electron chi connectivity index (χ1n) is 9.56. The quantitative estimate of drug-likeness (QED) is 0.811. The maximum Gasteiger partial charge on any atom is 0.237 e. The Balaban J connectivity index is 1.46. The number of carbonyl (C=O) groups is 2. The fourth-order valence-electron chi connectivity index (χ4n) is 3.68. The molecular weight excluding hydrogens is 350 g/mol. The molecule has 2 saturated heterocycles. The third kappa shape index (κ3) is 5.05. The van der Waals surface area contributed by atoms with Gasteiger partial charge < -0.3 is 15.0 Å². The first-order chi connectivity index (χ1) is 12.6. The molecule has 2 aliphatic heterocycles. The summed E-state index contributed by atoms with van der Waals surface area (Å²) in [6.45, 7) is 6.80. The Bertz CT molecular complexity index is 587. The fraction of sp³-hybridized carbons (Fsp3) is 0.684. The highest BCUT2D eigenvalue weighted by Crippen LogP contribution is 2.21. The Morgan fingerprint density at radius 3 is 2.88 bits per heavy atom. The lowest BCUT2D eigenvalue weighted by Crippen LogP contribution is -2.53. The number of nitrogens with zero attached hydrogens (tertiary/aromatic N) is 2. The van der Waals surface area contributed by atoms with Crippen LogP contribution in [0.4, 0.5) is 0 Å². The van der Waals surface area contributed by atoms with Gasteiger partial charge in [0, 0.05) is 31.1 Å². The fourth-order valence-corrected chi connectivity index (χ4v) is 4.39. The van der Waals surface area contributed by atoms with Crippen LogP contribution >= 0.6 is 11.3 Å². The Hall–Kier alpha value is -1.44. The molecule has 2 atom stereocenters. The molecule has 26 heavy (non-hydrogen) atoms. The van der Waals surface area contributed by atoms with E-state index in [0.717, 1.165) is 25.8 Å². The van der Waals surface area contributed by atoms with Crippen molar-refractivity contribution in [2.24, 2.45) is 5.92 Å². The molecule has 0 radical (unpaired) electrons. The van der Waals surface area contributed by atoms with Gasteiger partial charge in [0.2, 0.25) is 11.8 Å². The third-order valence-electron chi connectivity index (χ3n) is 5.30. The molecule has 1 N–H and O–H groups in total. The average molecular weight is 380 g/mol. The molecule has 3 heterocycles. The van der Waals surface area contributed by atoms with Crippen LogP contribution in [0.1, 0.15) is 24.6 Å². The van der Waals surface area contributed by atoms with Crippen molar-refractivity contribution < 1.29 is 14.3 Å². The number of ether oxygens (including phenoxy) is 1. The van der Waals surface area contributed by atoms with Crippen LogP contribution in [0.3, 0.4) is 0 Å². The van der Waals surface area contributed by atoms with Gasteiger partial charge in [-0.15, -0.1) is 11.3 Å². The Morgan fingerprint density at radius 2 is 2.15 bits per heavy atom. The molecule has 0 bridgehead atoms. The molecule has 2 amide bonds. The topological polar surface area (TPSA) is 61.9 Å². The Morgan fingerprint density at radius 1 is 1.35 bits per heavy atom. The lowest BCUT2D eigenvalue weighted by molar-refractivity contribution is -0.142. The van der Waals surface area contributed by atoms with E-state index in [4.69, 9.17) is 4.74 Å². The number of hydrogen-bond donors (Lipinski definition) is 1. The Labute approximate surface area is 159 Å². The van der Waals surface area contributed by atoms with Gasteiger partial charge in [0.05, 0.1) is 25.2 Å². The van der Waals surface area contributed by atoms with E-state index in [1.807, 2.05) is 17.9 Å². The molecule has 6 nitrogen and oxygen atoms in total. The van der Waals surface area contributed by atoms with Gasteiger partial charge >= 0.3 is 0 Å². The van der Waals surface area contributed by atoms with E-state index >= 15 is 0 Å². The van der Waals surface area contributed by atoms with Gasteiger partial charge in [-0.25, -0.2) is 0 Å². The highest BCUT2D eigenvalue weighted by Gasteiger charge is 2.33. The number of thiophene rings is 1. The predicted molar refractivity (Wildman–Crippen MR) is 102 cm³/mol. The lowest BCUT2D eigenvalue weighted by atomic mass is 9.95. The van der Waals surface area contributed by atoms with Crippen molar-refractivity contribution in [3.8, 4) is 0 Å². The number of nitrogens with one attached hydrogen (secondary N) is 1. The molecule has 2 unspecified atom stereocenters. The summed E-state index contributed by atoms with van der Waals surface area (Å²) in [6.07, 6.45) is 2.75. The summed E-state index contributed by atoms with van der Waals surface area (Å²) in [6, 6.07) is 3.93. The van der Waals surface area contributed by atoms with E-state index in [9.17, 15) is 9.59 Å². The van der Waals surface area contributed by atoms with Gasteiger partial charge in [-0.3, -0.25) is 14.5 Å². The van der Waals surface area contributed by atoms with Crippen LogP contribution in [0, 0.1) is 5.92 Å². The second kappa shape index (κ2) is 9.48. The van der Waals surface area contributed by atoms with Crippen LogP contribution in [0.2, 0.25) is 0 Å². The predicted octanol–water partition coefficient (Wildman–Crippen LogP) is 1.37. The zero-order chi connectivity index (χ0) is 18.4. The standard InChI is InChI=1S/C19H29N3O3S/c1-15(18(23)20-7-6-17-5-3-13-26-17)22-8-2-4-16(14-22)19(24)21-9-11-25-12-10-21/h3,5,13,15-16H,2,4,6-12,14H2,1H3,(H,20,23). The molecule has 1 aromatic heterocycles. The van der Waals surface area contributed by atoms with Crippen molar-refractivity contribution in [2.45, 2.75) is 32.2 Å². The second-order valence-electron chi connectivity index (χ2n) is 7.07. The van der Waals surface area contributed by atoms with Crippen LogP contribution in [0.25, 0.3) is 0 Å². The molecule has 0 aliphatic carbocycles. The summed E-state index contributed by atoms with van der Waals surface area (Å²) in [5.41, 5.74) is 0. The van der Waals surface area contributed by atoms with Crippen molar-refractivity contribution in [2.75, 3.05) is 45.9 Å². The molecule has 0 saturated carbocycles. The zero-order valence-electron chi connectivity index (χ0n) is 15.5. The normalized spacial score (nSPS) is 22.8. The number of rotatable bonds is 6. The Kier molecular flexibility index (Phi) is 7.05. The van der Waals surface area contributed by atoms with Gasteiger partial charge in [0.1, 0.15) is 0 Å². The molecule has 2 aliphatic rings. The largest absolute Gasteiger partial charge is 0.378 e. The number of hydrogen-bond acceptors (Lipinski definition) is 5. The van der Waals surface area contributed by atoms with Gasteiger partial charge in [0.15, 0.2) is 0 Å². The summed E-state index contributed by atoms with van der Waals surface area (Å²) in [5, 5.41) is 5.09. The minimum Gasteiger partial charge on any atom is -0.378 e. The van der Waals surface area contributed by atoms with Gasteiger partial charge in [-0.05, 0) is 44.2 Å². The van der Waals surface area contributed by atoms with Crippen LogP contribution in [-0.2, 0) is 20.7 Å². The van der Waals surface area contributed by atoms with Gasteiger partial charge in [-0.1, -0.05) is 6.07 Å². The van der Waals surface area contributed by atoms with Crippen LogP contribution in [-0.4, -0.2) is 73.6 Å². The third-order valence-corrected chi connectivity index (χ3v) is 6.24. The molecule has 144 valence electrons. The lowest BCUT2D eigenvalue weighted by Gasteiger charge is -2.38.